The molecule has 228 valence electrons. The van der Waals surface area contributed by atoms with Crippen molar-refractivity contribution in [2.45, 2.75) is 116 Å². The van der Waals surface area contributed by atoms with Crippen LogP contribution in [0.5, 0.6) is 0 Å². The molecule has 0 heterocycles. The third-order valence-electron chi connectivity index (χ3n) is 7.01. The van der Waals surface area contributed by atoms with Crippen molar-refractivity contribution < 1.29 is 59.3 Å². The molecule has 1 aromatic rings. The number of halogens is 9. The Labute approximate surface area is 222 Å². The molecule has 0 amide bonds. The van der Waals surface area contributed by atoms with Crippen LogP contribution in [0.2, 0.25) is 0 Å². The minimum absolute atomic E-state index is 0.163. The first-order valence-corrected chi connectivity index (χ1v) is 12.0. The summed E-state index contributed by atoms with van der Waals surface area (Å²) in [5.74, 6) is -0.815. The highest BCUT2D eigenvalue weighted by atomic mass is 19.4. The fraction of sp³-hybridized carbons (Fsp3) is 0.731. The molecule has 13 heteroatoms. The summed E-state index contributed by atoms with van der Waals surface area (Å²) in [5, 5.41) is 19.8. The quantitative estimate of drug-likeness (QED) is 0.253. The van der Waals surface area contributed by atoms with Crippen molar-refractivity contribution in [3.8, 4) is 0 Å². The fourth-order valence-corrected chi connectivity index (χ4v) is 2.64. The standard InChI is InChI=1S/C17H22F6O2.C9H15F3O2/c1-6-13(2,3)10-7-11(14(4,24)16(18,19)20)9-12(8-10)15(5,25)17(21,22)23;1-5-8(3,4)7(13)14-6(2)9(10,11)12/h7-9,24-25H,6H2,1-5H3;6H,5H2,1-4H3. The molecule has 3 unspecified atom stereocenters. The van der Waals surface area contributed by atoms with Crippen LogP contribution in [0.4, 0.5) is 39.5 Å². The molecule has 0 aliphatic carbocycles. The van der Waals surface area contributed by atoms with Crippen molar-refractivity contribution in [1.82, 2.24) is 0 Å². The molecule has 0 spiro atoms. The minimum atomic E-state index is -5.09. The van der Waals surface area contributed by atoms with Crippen LogP contribution in [0, 0.1) is 5.41 Å². The molecule has 2 N–H and O–H groups in total. The summed E-state index contributed by atoms with van der Waals surface area (Å²) in [6.07, 6.45) is -15.8. The van der Waals surface area contributed by atoms with E-state index >= 15 is 0 Å². The summed E-state index contributed by atoms with van der Waals surface area (Å²) in [5.41, 5.74) is -9.67. The second kappa shape index (κ2) is 11.8. The van der Waals surface area contributed by atoms with Gasteiger partial charge in [-0.2, -0.15) is 39.5 Å². The van der Waals surface area contributed by atoms with E-state index in [1.54, 1.807) is 41.5 Å². The lowest BCUT2D eigenvalue weighted by atomic mass is 9.77. The van der Waals surface area contributed by atoms with E-state index in [1.807, 2.05) is 0 Å². The summed E-state index contributed by atoms with van der Waals surface area (Å²) < 4.78 is 119. The predicted octanol–water partition coefficient (Wildman–Crippen LogP) is 7.83. The largest absolute Gasteiger partial charge is 0.453 e. The first kappa shape index (κ1) is 37.0. The molecule has 0 saturated heterocycles. The summed E-state index contributed by atoms with van der Waals surface area (Å²) in [6.45, 7) is 11.6. The number of hydrogen-bond donors (Lipinski definition) is 2. The van der Waals surface area contributed by atoms with Crippen molar-refractivity contribution in [2.24, 2.45) is 5.41 Å². The predicted molar refractivity (Wildman–Crippen MR) is 127 cm³/mol. The van der Waals surface area contributed by atoms with Gasteiger partial charge in [-0.25, -0.2) is 0 Å². The van der Waals surface area contributed by atoms with Crippen LogP contribution in [-0.4, -0.2) is 40.8 Å². The molecular weight excluding hydrogens is 547 g/mol. The lowest BCUT2D eigenvalue weighted by Gasteiger charge is -2.34. The number of carbonyl (C=O) groups is 1. The summed E-state index contributed by atoms with van der Waals surface area (Å²) in [7, 11) is 0. The van der Waals surface area contributed by atoms with Crippen molar-refractivity contribution in [3.05, 3.63) is 34.9 Å². The van der Waals surface area contributed by atoms with Gasteiger partial charge in [-0.05, 0) is 75.6 Å². The smallest absolute Gasteiger partial charge is 0.425 e. The molecule has 0 bridgehead atoms. The van der Waals surface area contributed by atoms with Crippen molar-refractivity contribution in [2.75, 3.05) is 0 Å². The van der Waals surface area contributed by atoms with Gasteiger partial charge in [-0.3, -0.25) is 4.79 Å². The lowest BCUT2D eigenvalue weighted by Crippen LogP contribution is -2.42. The number of rotatable bonds is 7. The molecule has 0 radical (unpaired) electrons. The van der Waals surface area contributed by atoms with Crippen molar-refractivity contribution in [1.29, 1.82) is 0 Å². The molecule has 0 aliphatic heterocycles. The van der Waals surface area contributed by atoms with Crippen LogP contribution in [0.1, 0.15) is 91.8 Å². The molecule has 39 heavy (non-hydrogen) atoms. The van der Waals surface area contributed by atoms with Gasteiger partial charge in [-0.15, -0.1) is 0 Å². The maximum absolute atomic E-state index is 13.2. The van der Waals surface area contributed by atoms with E-state index in [-0.39, 0.29) is 5.56 Å². The van der Waals surface area contributed by atoms with Gasteiger partial charge in [0.05, 0.1) is 5.41 Å². The first-order valence-electron chi connectivity index (χ1n) is 12.0. The maximum Gasteiger partial charge on any atom is 0.425 e. The number of benzene rings is 1. The normalized spacial score (nSPS) is 17.3. The van der Waals surface area contributed by atoms with E-state index < -0.39 is 63.8 Å². The van der Waals surface area contributed by atoms with Gasteiger partial charge >= 0.3 is 24.5 Å². The third-order valence-corrected chi connectivity index (χ3v) is 7.01. The molecule has 1 aromatic carbocycles. The minimum Gasteiger partial charge on any atom is -0.453 e. The zero-order chi connectivity index (χ0) is 31.6. The summed E-state index contributed by atoms with van der Waals surface area (Å²) >= 11 is 0. The van der Waals surface area contributed by atoms with Gasteiger partial charge in [0, 0.05) is 0 Å². The SMILES string of the molecule is CCC(C)(C)C(=O)OC(C)C(F)(F)F.CCC(C)(C)c1cc(C(C)(O)C(F)(F)F)cc(C(C)(O)C(F)(F)F)c1. The molecular formula is C26H37F9O4. The highest BCUT2D eigenvalue weighted by molar-refractivity contribution is 5.76. The maximum atomic E-state index is 13.2. The van der Waals surface area contributed by atoms with Crippen LogP contribution in [-0.2, 0) is 26.1 Å². The molecule has 0 fully saturated rings. The zero-order valence-electron chi connectivity index (χ0n) is 23.3. The van der Waals surface area contributed by atoms with Gasteiger partial charge in [0.2, 0.25) is 0 Å². The Kier molecular flexibility index (Phi) is 11.2. The van der Waals surface area contributed by atoms with Crippen LogP contribution >= 0.6 is 0 Å². The van der Waals surface area contributed by atoms with Gasteiger partial charge in [0.1, 0.15) is 0 Å². The van der Waals surface area contributed by atoms with Crippen LogP contribution in [0.3, 0.4) is 0 Å². The second-order valence-electron chi connectivity index (χ2n) is 11.0. The zero-order valence-corrected chi connectivity index (χ0v) is 23.3. The number of hydrogen-bond acceptors (Lipinski definition) is 4. The second-order valence-corrected chi connectivity index (χ2v) is 11.0. The first-order chi connectivity index (χ1) is 17.0. The lowest BCUT2D eigenvalue weighted by molar-refractivity contribution is -0.261. The summed E-state index contributed by atoms with van der Waals surface area (Å²) in [4.78, 5) is 11.2. The van der Waals surface area contributed by atoms with Crippen LogP contribution < -0.4 is 0 Å². The van der Waals surface area contributed by atoms with Gasteiger partial charge in [0.15, 0.2) is 17.3 Å². The third kappa shape index (κ3) is 8.99. The average molecular weight is 585 g/mol. The highest BCUT2D eigenvalue weighted by Crippen LogP contribution is 2.45. The Bertz CT molecular complexity index is 929. The Balaban J connectivity index is 0.000000876. The number of esters is 1. The van der Waals surface area contributed by atoms with E-state index in [4.69, 9.17) is 0 Å². The number of ether oxygens (including phenoxy) is 1. The molecule has 0 saturated carbocycles. The number of alkyl halides is 9. The Morgan fingerprint density at radius 2 is 1.05 bits per heavy atom. The Morgan fingerprint density at radius 1 is 0.718 bits per heavy atom. The molecule has 0 aromatic heterocycles. The van der Waals surface area contributed by atoms with E-state index in [0.29, 0.717) is 32.8 Å². The highest BCUT2D eigenvalue weighted by Gasteiger charge is 2.54. The topological polar surface area (TPSA) is 66.8 Å². The van der Waals surface area contributed by atoms with Gasteiger partial charge in [0.25, 0.3) is 0 Å². The van der Waals surface area contributed by atoms with Gasteiger partial charge < -0.3 is 14.9 Å². The van der Waals surface area contributed by atoms with Gasteiger partial charge in [-0.1, -0.05) is 39.8 Å². The van der Waals surface area contributed by atoms with Crippen LogP contribution in [0.25, 0.3) is 0 Å². The van der Waals surface area contributed by atoms with Crippen LogP contribution in [0.15, 0.2) is 18.2 Å². The number of aliphatic hydroxyl groups is 2. The van der Waals surface area contributed by atoms with E-state index in [0.717, 1.165) is 19.1 Å². The average Bonchev–Trinajstić information content (AvgIpc) is 2.76. The monoisotopic (exact) mass is 584 g/mol. The van der Waals surface area contributed by atoms with Crippen molar-refractivity contribution >= 4 is 5.97 Å². The molecule has 3 atom stereocenters. The molecule has 1 rings (SSSR count). The fourth-order valence-electron chi connectivity index (χ4n) is 2.64. The molecule has 4 nitrogen and oxygen atoms in total. The Morgan fingerprint density at radius 3 is 1.31 bits per heavy atom. The van der Waals surface area contributed by atoms with E-state index in [2.05, 4.69) is 4.74 Å². The van der Waals surface area contributed by atoms with Crippen molar-refractivity contribution in [3.63, 3.8) is 0 Å². The number of carbonyl (C=O) groups excluding carboxylic acids is 1. The summed E-state index contributed by atoms with van der Waals surface area (Å²) in [6, 6.07) is 2.62. The molecule has 0 aliphatic rings. The van der Waals surface area contributed by atoms with E-state index in [9.17, 15) is 54.5 Å². The Hall–Kier alpha value is -2.02. The van der Waals surface area contributed by atoms with E-state index in [1.165, 1.54) is 0 Å².